The van der Waals surface area contributed by atoms with Crippen molar-refractivity contribution in [2.24, 2.45) is 5.92 Å². The SMILES string of the molecule is CCCC[C@H](CC)CNC(=O)c1cc(OC)cc(OC)c1. The lowest BCUT2D eigenvalue weighted by molar-refractivity contribution is 0.0945. The van der Waals surface area contributed by atoms with Crippen LogP contribution >= 0.6 is 0 Å². The van der Waals surface area contributed by atoms with Crippen molar-refractivity contribution in [1.82, 2.24) is 5.32 Å². The molecule has 0 aliphatic carbocycles. The molecule has 1 amide bonds. The molecule has 0 fully saturated rings. The summed E-state index contributed by atoms with van der Waals surface area (Å²) in [6.45, 7) is 5.07. The first-order valence-corrected chi connectivity index (χ1v) is 7.65. The van der Waals surface area contributed by atoms with E-state index in [-0.39, 0.29) is 5.91 Å². The second-order valence-corrected chi connectivity index (χ2v) is 5.23. The molecule has 0 bridgehead atoms. The van der Waals surface area contributed by atoms with Crippen LogP contribution in [0.25, 0.3) is 0 Å². The van der Waals surface area contributed by atoms with E-state index in [1.807, 2.05) is 0 Å². The Balaban J connectivity index is 2.66. The van der Waals surface area contributed by atoms with Crippen molar-refractivity contribution in [2.75, 3.05) is 20.8 Å². The number of methoxy groups -OCH3 is 2. The van der Waals surface area contributed by atoms with E-state index in [0.717, 1.165) is 19.4 Å². The minimum absolute atomic E-state index is 0.0813. The van der Waals surface area contributed by atoms with E-state index in [9.17, 15) is 4.79 Å². The van der Waals surface area contributed by atoms with Crippen molar-refractivity contribution in [1.29, 1.82) is 0 Å². The number of ether oxygens (including phenoxy) is 2. The van der Waals surface area contributed by atoms with Gasteiger partial charge in [0.05, 0.1) is 14.2 Å². The predicted octanol–water partition coefficient (Wildman–Crippen LogP) is 3.65. The number of nitrogens with one attached hydrogen (secondary N) is 1. The lowest BCUT2D eigenvalue weighted by Crippen LogP contribution is -2.29. The molecule has 4 nitrogen and oxygen atoms in total. The summed E-state index contributed by atoms with van der Waals surface area (Å²) in [7, 11) is 3.16. The molecule has 1 rings (SSSR count). The highest BCUT2D eigenvalue weighted by molar-refractivity contribution is 5.95. The van der Waals surface area contributed by atoms with Gasteiger partial charge in [0.2, 0.25) is 0 Å². The first kappa shape index (κ1) is 17.3. The number of rotatable bonds is 9. The number of unbranched alkanes of at least 4 members (excludes halogenated alkanes) is 1. The molecule has 1 N–H and O–H groups in total. The first-order chi connectivity index (χ1) is 10.1. The number of hydrogen-bond donors (Lipinski definition) is 1. The van der Waals surface area contributed by atoms with Gasteiger partial charge in [-0.05, 0) is 24.5 Å². The molecule has 0 radical (unpaired) electrons. The van der Waals surface area contributed by atoms with E-state index >= 15 is 0 Å². The normalized spacial score (nSPS) is 11.8. The van der Waals surface area contributed by atoms with Gasteiger partial charge in [-0.3, -0.25) is 4.79 Å². The number of benzene rings is 1. The van der Waals surface area contributed by atoms with Gasteiger partial charge in [0.25, 0.3) is 5.91 Å². The number of carbonyl (C=O) groups is 1. The Morgan fingerprint density at radius 1 is 1.14 bits per heavy atom. The van der Waals surface area contributed by atoms with Crippen LogP contribution in [0.15, 0.2) is 18.2 Å². The average molecular weight is 293 g/mol. The summed E-state index contributed by atoms with van der Waals surface area (Å²) in [5, 5.41) is 3.01. The van der Waals surface area contributed by atoms with E-state index < -0.39 is 0 Å². The monoisotopic (exact) mass is 293 g/mol. The number of hydrogen-bond acceptors (Lipinski definition) is 3. The Labute approximate surface area is 127 Å². The molecule has 1 aromatic carbocycles. The molecule has 21 heavy (non-hydrogen) atoms. The zero-order chi connectivity index (χ0) is 15.7. The maximum absolute atomic E-state index is 12.3. The summed E-state index contributed by atoms with van der Waals surface area (Å²) in [6, 6.07) is 5.21. The third kappa shape index (κ3) is 5.66. The predicted molar refractivity (Wildman–Crippen MR) is 85.2 cm³/mol. The van der Waals surface area contributed by atoms with E-state index in [1.165, 1.54) is 12.8 Å². The van der Waals surface area contributed by atoms with Gasteiger partial charge in [-0.15, -0.1) is 0 Å². The van der Waals surface area contributed by atoms with Gasteiger partial charge in [0.1, 0.15) is 11.5 Å². The zero-order valence-electron chi connectivity index (χ0n) is 13.6. The largest absolute Gasteiger partial charge is 0.497 e. The van der Waals surface area contributed by atoms with Crippen molar-refractivity contribution >= 4 is 5.91 Å². The van der Waals surface area contributed by atoms with Crippen LogP contribution in [0, 0.1) is 5.92 Å². The van der Waals surface area contributed by atoms with Gasteiger partial charge in [0.15, 0.2) is 0 Å². The molecule has 0 saturated carbocycles. The Hall–Kier alpha value is -1.71. The van der Waals surface area contributed by atoms with Gasteiger partial charge in [-0.25, -0.2) is 0 Å². The molecule has 1 atom stereocenters. The number of carbonyl (C=O) groups excluding carboxylic acids is 1. The minimum atomic E-state index is -0.0813. The molecule has 0 aliphatic rings. The topological polar surface area (TPSA) is 47.6 Å². The van der Waals surface area contributed by atoms with E-state index in [2.05, 4.69) is 19.2 Å². The summed E-state index contributed by atoms with van der Waals surface area (Å²) < 4.78 is 10.4. The summed E-state index contributed by atoms with van der Waals surface area (Å²) in [4.78, 5) is 12.3. The van der Waals surface area contributed by atoms with Crippen LogP contribution in [0.2, 0.25) is 0 Å². The molecule has 118 valence electrons. The molecule has 4 heteroatoms. The molecular formula is C17H27NO3. The first-order valence-electron chi connectivity index (χ1n) is 7.65. The van der Waals surface area contributed by atoms with Crippen LogP contribution in [-0.2, 0) is 0 Å². The maximum Gasteiger partial charge on any atom is 0.251 e. The standard InChI is InChI=1S/C17H27NO3/c1-5-7-8-13(6-2)12-18-17(19)14-9-15(20-3)11-16(10-14)21-4/h9-11,13H,5-8,12H2,1-4H3,(H,18,19)/t13-/m0/s1. The number of amides is 1. The lowest BCUT2D eigenvalue weighted by Gasteiger charge is -2.15. The van der Waals surface area contributed by atoms with E-state index in [0.29, 0.717) is 23.0 Å². The smallest absolute Gasteiger partial charge is 0.251 e. The minimum Gasteiger partial charge on any atom is -0.497 e. The molecule has 0 saturated heterocycles. The van der Waals surface area contributed by atoms with Crippen molar-refractivity contribution in [3.05, 3.63) is 23.8 Å². The lowest BCUT2D eigenvalue weighted by atomic mass is 9.99. The molecular weight excluding hydrogens is 266 g/mol. The molecule has 0 unspecified atom stereocenters. The molecule has 0 spiro atoms. The van der Waals surface area contributed by atoms with Gasteiger partial charge >= 0.3 is 0 Å². The quantitative estimate of drug-likeness (QED) is 0.756. The highest BCUT2D eigenvalue weighted by Gasteiger charge is 2.12. The second-order valence-electron chi connectivity index (χ2n) is 5.23. The highest BCUT2D eigenvalue weighted by atomic mass is 16.5. The highest BCUT2D eigenvalue weighted by Crippen LogP contribution is 2.22. The Morgan fingerprint density at radius 3 is 2.24 bits per heavy atom. The van der Waals surface area contributed by atoms with Crippen LogP contribution in [0.1, 0.15) is 49.9 Å². The van der Waals surface area contributed by atoms with Crippen LogP contribution < -0.4 is 14.8 Å². The van der Waals surface area contributed by atoms with E-state index in [1.54, 1.807) is 32.4 Å². The van der Waals surface area contributed by atoms with Crippen LogP contribution in [-0.4, -0.2) is 26.7 Å². The van der Waals surface area contributed by atoms with Gasteiger partial charge in [-0.2, -0.15) is 0 Å². The Morgan fingerprint density at radius 2 is 1.76 bits per heavy atom. The molecule has 1 aromatic rings. The van der Waals surface area contributed by atoms with Gasteiger partial charge in [0, 0.05) is 18.2 Å². The maximum atomic E-state index is 12.3. The summed E-state index contributed by atoms with van der Waals surface area (Å²) >= 11 is 0. The fraction of sp³-hybridized carbons (Fsp3) is 0.588. The fourth-order valence-electron chi connectivity index (χ4n) is 2.22. The molecule has 0 aromatic heterocycles. The van der Waals surface area contributed by atoms with Crippen molar-refractivity contribution in [3.8, 4) is 11.5 Å². The summed E-state index contributed by atoms with van der Waals surface area (Å²) in [5.41, 5.74) is 0.566. The van der Waals surface area contributed by atoms with Crippen LogP contribution in [0.5, 0.6) is 11.5 Å². The molecule has 0 heterocycles. The summed E-state index contributed by atoms with van der Waals surface area (Å²) in [6.07, 6.45) is 4.65. The Kier molecular flexibility index (Phi) is 7.65. The van der Waals surface area contributed by atoms with Crippen molar-refractivity contribution < 1.29 is 14.3 Å². The average Bonchev–Trinajstić information content (AvgIpc) is 2.54. The van der Waals surface area contributed by atoms with Crippen LogP contribution in [0.3, 0.4) is 0 Å². The third-order valence-electron chi connectivity index (χ3n) is 3.71. The third-order valence-corrected chi connectivity index (χ3v) is 3.71. The zero-order valence-corrected chi connectivity index (χ0v) is 13.6. The Bertz CT molecular complexity index is 423. The fourth-order valence-corrected chi connectivity index (χ4v) is 2.22. The van der Waals surface area contributed by atoms with Gasteiger partial charge < -0.3 is 14.8 Å². The molecule has 0 aliphatic heterocycles. The van der Waals surface area contributed by atoms with Gasteiger partial charge in [-0.1, -0.05) is 33.1 Å². The van der Waals surface area contributed by atoms with Crippen molar-refractivity contribution in [3.63, 3.8) is 0 Å². The van der Waals surface area contributed by atoms with E-state index in [4.69, 9.17) is 9.47 Å². The summed E-state index contributed by atoms with van der Waals surface area (Å²) in [5.74, 6) is 1.71. The van der Waals surface area contributed by atoms with Crippen molar-refractivity contribution in [2.45, 2.75) is 39.5 Å². The van der Waals surface area contributed by atoms with Crippen LogP contribution in [0.4, 0.5) is 0 Å². The second kappa shape index (κ2) is 9.27.